The van der Waals surface area contributed by atoms with Gasteiger partial charge in [-0.3, -0.25) is 0 Å². The van der Waals surface area contributed by atoms with Gasteiger partial charge in [0.15, 0.2) is 5.96 Å². The third kappa shape index (κ3) is 8.82. The molecule has 0 unspecified atom stereocenters. The van der Waals surface area contributed by atoms with Gasteiger partial charge in [-0.05, 0) is 31.5 Å². The highest BCUT2D eigenvalue weighted by Crippen LogP contribution is 2.20. The number of aliphatic imine (C=N–C) groups is 1. The minimum Gasteiger partial charge on any atom is -0.491 e. The molecule has 31 heavy (non-hydrogen) atoms. The quantitative estimate of drug-likeness (QED) is 0.287. The lowest BCUT2D eigenvalue weighted by Crippen LogP contribution is -2.36. The Morgan fingerprint density at radius 1 is 0.968 bits per heavy atom. The molecule has 0 amide bonds. The average Bonchev–Trinajstić information content (AvgIpc) is 2.78. The third-order valence-electron chi connectivity index (χ3n) is 4.34. The lowest BCUT2D eigenvalue weighted by atomic mass is 10.1. The fourth-order valence-electron chi connectivity index (χ4n) is 2.76. The Kier molecular flexibility index (Phi) is 11.2. The highest BCUT2D eigenvalue weighted by Gasteiger charge is 2.08. The molecular weight excluding hydrogens is 396 g/mol. The van der Waals surface area contributed by atoms with Gasteiger partial charge < -0.3 is 29.6 Å². The first-order valence-corrected chi connectivity index (χ1v) is 10.5. The Morgan fingerprint density at radius 2 is 1.74 bits per heavy atom. The highest BCUT2D eigenvalue weighted by molar-refractivity contribution is 5.79. The number of aryl methyl sites for hydroxylation is 1. The van der Waals surface area contributed by atoms with Crippen LogP contribution in [0.1, 0.15) is 23.6 Å². The van der Waals surface area contributed by atoms with Crippen LogP contribution in [0.4, 0.5) is 0 Å². The Labute approximate surface area is 185 Å². The van der Waals surface area contributed by atoms with Crippen molar-refractivity contribution in [2.24, 2.45) is 4.99 Å². The van der Waals surface area contributed by atoms with Gasteiger partial charge in [0, 0.05) is 44.6 Å². The number of aromatic nitrogens is 1. The fraction of sp³-hybridized carbons (Fsp3) is 0.478. The maximum Gasteiger partial charge on any atom is 0.218 e. The van der Waals surface area contributed by atoms with Crippen LogP contribution >= 0.6 is 0 Å². The molecule has 0 radical (unpaired) electrons. The van der Waals surface area contributed by atoms with Gasteiger partial charge in [-0.1, -0.05) is 18.2 Å². The van der Waals surface area contributed by atoms with Crippen LogP contribution in [0, 0.1) is 6.92 Å². The number of guanidine groups is 1. The zero-order chi connectivity index (χ0) is 22.3. The minimum atomic E-state index is 0.441. The molecule has 2 rings (SSSR count). The van der Waals surface area contributed by atoms with Crippen molar-refractivity contribution in [1.29, 1.82) is 0 Å². The molecule has 1 aromatic heterocycles. The van der Waals surface area contributed by atoms with Gasteiger partial charge in [0.05, 0.1) is 19.8 Å². The van der Waals surface area contributed by atoms with E-state index in [2.05, 4.69) is 27.8 Å². The summed E-state index contributed by atoms with van der Waals surface area (Å²) < 4.78 is 21.7. The van der Waals surface area contributed by atoms with Crippen molar-refractivity contribution in [3.8, 4) is 11.6 Å². The second kappa shape index (κ2) is 14.2. The van der Waals surface area contributed by atoms with Gasteiger partial charge in [0.2, 0.25) is 5.88 Å². The summed E-state index contributed by atoms with van der Waals surface area (Å²) in [4.78, 5) is 9.00. The van der Waals surface area contributed by atoms with Crippen molar-refractivity contribution in [3.63, 3.8) is 0 Å². The summed E-state index contributed by atoms with van der Waals surface area (Å²) >= 11 is 0. The van der Waals surface area contributed by atoms with Gasteiger partial charge in [-0.15, -0.1) is 0 Å². The van der Waals surface area contributed by atoms with Gasteiger partial charge in [0.25, 0.3) is 0 Å². The van der Waals surface area contributed by atoms with Crippen LogP contribution in [0.15, 0.2) is 41.5 Å². The van der Waals surface area contributed by atoms with Gasteiger partial charge in [-0.25, -0.2) is 9.98 Å². The van der Waals surface area contributed by atoms with Crippen LogP contribution in [0.2, 0.25) is 0 Å². The van der Waals surface area contributed by atoms with E-state index in [1.165, 1.54) is 0 Å². The van der Waals surface area contributed by atoms with Crippen LogP contribution in [0.3, 0.4) is 0 Å². The topological polar surface area (TPSA) is 86.2 Å². The minimum absolute atomic E-state index is 0.441. The van der Waals surface area contributed by atoms with E-state index in [-0.39, 0.29) is 0 Å². The summed E-state index contributed by atoms with van der Waals surface area (Å²) in [6.45, 7) is 7.86. The van der Waals surface area contributed by atoms with E-state index in [0.717, 1.165) is 29.0 Å². The Morgan fingerprint density at radius 3 is 2.48 bits per heavy atom. The van der Waals surface area contributed by atoms with Crippen molar-refractivity contribution in [1.82, 2.24) is 15.6 Å². The lowest BCUT2D eigenvalue weighted by molar-refractivity contribution is 0.143. The molecule has 8 heteroatoms. The molecule has 0 aliphatic carbocycles. The van der Waals surface area contributed by atoms with Crippen molar-refractivity contribution < 1.29 is 18.9 Å². The number of methoxy groups -OCH3 is 2. The maximum atomic E-state index is 5.88. The molecule has 2 N–H and O–H groups in total. The number of nitrogens with one attached hydrogen (secondary N) is 2. The van der Waals surface area contributed by atoms with E-state index in [0.29, 0.717) is 51.4 Å². The Hall–Kier alpha value is -2.84. The van der Waals surface area contributed by atoms with Crippen LogP contribution in [-0.2, 0) is 22.6 Å². The van der Waals surface area contributed by atoms with E-state index in [1.54, 1.807) is 20.4 Å². The lowest BCUT2D eigenvalue weighted by Gasteiger charge is -2.15. The fourth-order valence-corrected chi connectivity index (χ4v) is 2.76. The van der Waals surface area contributed by atoms with E-state index < -0.39 is 0 Å². The molecule has 0 bridgehead atoms. The third-order valence-corrected chi connectivity index (χ3v) is 4.34. The van der Waals surface area contributed by atoms with Crippen molar-refractivity contribution >= 4 is 5.96 Å². The summed E-state index contributed by atoms with van der Waals surface area (Å²) in [7, 11) is 3.31. The number of rotatable bonds is 13. The van der Waals surface area contributed by atoms with E-state index >= 15 is 0 Å². The number of nitrogens with zero attached hydrogens (tertiary/aromatic N) is 2. The summed E-state index contributed by atoms with van der Waals surface area (Å²) in [6, 6.07) is 10.0. The normalized spacial score (nSPS) is 11.3. The van der Waals surface area contributed by atoms with Crippen LogP contribution < -0.4 is 20.1 Å². The van der Waals surface area contributed by atoms with E-state index in [4.69, 9.17) is 23.9 Å². The molecular formula is C23H34N4O4. The average molecular weight is 431 g/mol. The van der Waals surface area contributed by atoms with Gasteiger partial charge in [-0.2, -0.15) is 0 Å². The number of hydrogen-bond donors (Lipinski definition) is 2. The first kappa shape index (κ1) is 24.4. The summed E-state index contributed by atoms with van der Waals surface area (Å²) in [5, 5.41) is 6.65. The van der Waals surface area contributed by atoms with Crippen molar-refractivity contribution in [3.05, 3.63) is 53.2 Å². The zero-order valence-corrected chi connectivity index (χ0v) is 18.9. The SMILES string of the molecule is CCNC(=NCc1cccnc1OCCOC)NCc1ccc(C)cc1OCCOC. The van der Waals surface area contributed by atoms with Crippen LogP contribution in [0.5, 0.6) is 11.6 Å². The molecule has 0 saturated carbocycles. The Balaban J connectivity index is 2.04. The largest absolute Gasteiger partial charge is 0.491 e. The zero-order valence-electron chi connectivity index (χ0n) is 18.9. The summed E-state index contributed by atoms with van der Waals surface area (Å²) in [6.07, 6.45) is 1.71. The predicted molar refractivity (Wildman–Crippen MR) is 122 cm³/mol. The first-order chi connectivity index (χ1) is 15.2. The second-order valence-corrected chi connectivity index (χ2v) is 6.81. The monoisotopic (exact) mass is 430 g/mol. The molecule has 8 nitrogen and oxygen atoms in total. The number of pyridine rings is 1. The number of ether oxygens (including phenoxy) is 4. The highest BCUT2D eigenvalue weighted by atomic mass is 16.5. The smallest absolute Gasteiger partial charge is 0.218 e. The molecule has 0 fully saturated rings. The van der Waals surface area contributed by atoms with E-state index in [9.17, 15) is 0 Å². The van der Waals surface area contributed by atoms with Gasteiger partial charge >= 0.3 is 0 Å². The predicted octanol–water partition coefficient (Wildman–Crippen LogP) is 2.70. The van der Waals surface area contributed by atoms with Crippen molar-refractivity contribution in [2.45, 2.75) is 26.9 Å². The van der Waals surface area contributed by atoms with Crippen LogP contribution in [-0.4, -0.2) is 58.1 Å². The standard InChI is InChI=1S/C23H34N4O4/c1-5-24-23(27-17-20-7-6-10-25-22(20)31-14-12-29-4)26-16-19-9-8-18(2)15-21(19)30-13-11-28-3/h6-10,15H,5,11-14,16-17H2,1-4H3,(H2,24,26,27). The van der Waals surface area contributed by atoms with E-state index in [1.807, 2.05) is 32.0 Å². The number of hydrogen-bond acceptors (Lipinski definition) is 6. The second-order valence-electron chi connectivity index (χ2n) is 6.81. The molecule has 2 aromatic rings. The number of benzene rings is 1. The summed E-state index contributed by atoms with van der Waals surface area (Å²) in [5.41, 5.74) is 3.11. The molecule has 0 aliphatic heterocycles. The molecule has 0 aliphatic rings. The Bertz CT molecular complexity index is 814. The van der Waals surface area contributed by atoms with Crippen molar-refractivity contribution in [2.75, 3.05) is 47.2 Å². The molecule has 0 spiro atoms. The first-order valence-electron chi connectivity index (χ1n) is 10.5. The maximum absolute atomic E-state index is 5.88. The molecule has 170 valence electrons. The molecule has 0 atom stereocenters. The molecule has 0 saturated heterocycles. The molecule has 1 heterocycles. The van der Waals surface area contributed by atoms with Crippen LogP contribution in [0.25, 0.3) is 0 Å². The van der Waals surface area contributed by atoms with Gasteiger partial charge in [0.1, 0.15) is 19.0 Å². The summed E-state index contributed by atoms with van der Waals surface area (Å²) in [5.74, 6) is 2.13. The molecule has 1 aromatic carbocycles.